The molecule has 0 spiro atoms. The molecule has 0 amide bonds. The molecule has 7 heteroatoms. The summed E-state index contributed by atoms with van der Waals surface area (Å²) in [5.41, 5.74) is 13.5. The molecule has 0 aliphatic heterocycles. The molecule has 0 rings (SSSR count). The van der Waals surface area contributed by atoms with Crippen LogP contribution in [0.25, 0.3) is 16.0 Å². The summed E-state index contributed by atoms with van der Waals surface area (Å²) in [6.45, 7) is 0. The first-order valence-electron chi connectivity index (χ1n) is 0.847. The monoisotopic (exact) mass is 163 g/mol. The summed E-state index contributed by atoms with van der Waals surface area (Å²) in [5.74, 6) is 0. The smallest absolute Gasteiger partial charge is 0.443 e. The molecule has 0 saturated carbocycles. The maximum absolute atomic E-state index is 6.88. The largest absolute Gasteiger partial charge is 1.00 e. The molecule has 0 heterocycles. The van der Waals surface area contributed by atoms with Gasteiger partial charge in [0.2, 0.25) is 0 Å². The van der Waals surface area contributed by atoms with Gasteiger partial charge in [-0.05, 0) is 0 Å². The van der Waals surface area contributed by atoms with E-state index in [0.717, 1.165) is 6.26 Å². The van der Waals surface area contributed by atoms with Crippen molar-refractivity contribution in [2.75, 3.05) is 0 Å². The fourth-order valence-electron chi connectivity index (χ4n) is 0. The SMILES string of the molecule is N#CO.[K+].[K+].[N-]=[N+]=[N-]. The summed E-state index contributed by atoms with van der Waals surface area (Å²) in [6.07, 6.45) is 0.750. The minimum Gasteiger partial charge on any atom is -0.443 e. The average Bonchev–Trinajstić information content (AvgIpc) is 1.39. The van der Waals surface area contributed by atoms with Crippen LogP contribution in [0.1, 0.15) is 0 Å². The third-order valence-electron chi connectivity index (χ3n) is 0. The van der Waals surface area contributed by atoms with E-state index in [0.29, 0.717) is 0 Å². The number of aliphatic hydroxyl groups excluding tert-OH is 1. The molecule has 0 aliphatic rings. The van der Waals surface area contributed by atoms with Gasteiger partial charge in [-0.3, -0.25) is 4.91 Å². The maximum atomic E-state index is 6.88. The summed E-state index contributed by atoms with van der Waals surface area (Å²) >= 11 is 0. The molecular weight excluding hydrogens is 162 g/mol. The number of aliphatic hydroxyl groups is 1. The van der Waals surface area contributed by atoms with Crippen LogP contribution in [0.5, 0.6) is 0 Å². The van der Waals surface area contributed by atoms with E-state index >= 15 is 0 Å². The van der Waals surface area contributed by atoms with Gasteiger partial charge < -0.3 is 16.2 Å². The third-order valence-corrected chi connectivity index (χ3v) is 0. The number of nitriles is 1. The van der Waals surface area contributed by atoms with Crippen LogP contribution < -0.4 is 103 Å². The molecule has 0 aromatic carbocycles. The van der Waals surface area contributed by atoms with E-state index in [-0.39, 0.29) is 103 Å². The predicted octanol–water partition coefficient (Wildman–Crippen LogP) is -5.29. The predicted molar refractivity (Wildman–Crippen MR) is 17.6 cm³/mol. The minimum atomic E-state index is 0. The van der Waals surface area contributed by atoms with Crippen LogP contribution in [0.3, 0.4) is 0 Å². The van der Waals surface area contributed by atoms with Gasteiger partial charge in [-0.2, -0.15) is 5.26 Å². The zero-order valence-electron chi connectivity index (χ0n) is 4.74. The molecule has 0 aromatic heterocycles. The van der Waals surface area contributed by atoms with Gasteiger partial charge in [0.15, 0.2) is 0 Å². The minimum absolute atomic E-state index is 0. The summed E-state index contributed by atoms with van der Waals surface area (Å²) in [6, 6.07) is 0. The zero-order valence-corrected chi connectivity index (χ0v) is 11.0. The number of nitrogens with zero attached hydrogens (tertiary/aromatic N) is 4. The second kappa shape index (κ2) is 36.7. The van der Waals surface area contributed by atoms with Gasteiger partial charge >= 0.3 is 103 Å². The average molecular weight is 163 g/mol. The second-order valence-corrected chi connectivity index (χ2v) is 0.189. The molecule has 1 N–H and O–H groups in total. The van der Waals surface area contributed by atoms with Gasteiger partial charge in [-0.25, -0.2) is 0 Å². The first-order valence-corrected chi connectivity index (χ1v) is 0.847. The Kier molecular flexibility index (Phi) is 103. The Morgan fingerprint density at radius 3 is 1.38 bits per heavy atom. The van der Waals surface area contributed by atoms with Crippen LogP contribution in [0, 0.1) is 11.5 Å². The molecule has 0 bridgehead atoms. The van der Waals surface area contributed by atoms with Gasteiger partial charge in [0.05, 0.1) is 0 Å². The van der Waals surface area contributed by atoms with Crippen LogP contribution in [0.2, 0.25) is 0 Å². The van der Waals surface area contributed by atoms with E-state index in [2.05, 4.69) is 0 Å². The van der Waals surface area contributed by atoms with Gasteiger partial charge in [0.25, 0.3) is 6.26 Å². The summed E-state index contributed by atoms with van der Waals surface area (Å²) in [4.78, 5) is 1.50. The first-order chi connectivity index (χ1) is 2.83. The third kappa shape index (κ3) is 106. The van der Waals surface area contributed by atoms with E-state index in [1.54, 1.807) is 0 Å². The van der Waals surface area contributed by atoms with E-state index in [9.17, 15) is 0 Å². The van der Waals surface area contributed by atoms with Gasteiger partial charge in [0.1, 0.15) is 0 Å². The van der Waals surface area contributed by atoms with Crippen molar-refractivity contribution in [3.63, 3.8) is 0 Å². The molecule has 0 atom stereocenters. The van der Waals surface area contributed by atoms with Gasteiger partial charge in [-0.15, -0.1) is 0 Å². The molecule has 0 fully saturated rings. The molecule has 0 radical (unpaired) electrons. The Bertz CT molecular complexity index is 80.5. The molecule has 0 aromatic rings. The van der Waals surface area contributed by atoms with Crippen LogP contribution in [-0.2, 0) is 0 Å². The van der Waals surface area contributed by atoms with Gasteiger partial charge in [0, 0.05) is 0 Å². The fraction of sp³-hybridized carbons (Fsp3) is 0. The van der Waals surface area contributed by atoms with Crippen molar-refractivity contribution in [2.45, 2.75) is 0 Å². The summed E-state index contributed by atoms with van der Waals surface area (Å²) < 4.78 is 0. The molecule has 8 heavy (non-hydrogen) atoms. The molecule has 0 unspecified atom stereocenters. The Hall–Kier alpha value is 1.87. The van der Waals surface area contributed by atoms with Crippen LogP contribution in [0.4, 0.5) is 0 Å². The van der Waals surface area contributed by atoms with E-state index in [4.69, 9.17) is 21.4 Å². The van der Waals surface area contributed by atoms with Crippen LogP contribution in [-0.4, -0.2) is 5.11 Å². The molecule has 0 aliphatic carbocycles. The number of hydrogen-bond donors (Lipinski definition) is 1. The van der Waals surface area contributed by atoms with Crippen LogP contribution >= 0.6 is 0 Å². The quantitative estimate of drug-likeness (QED) is 0.127. The Balaban J connectivity index is -0.0000000160. The Labute approximate surface area is 132 Å². The molecular formula is CHK2N4O+. The van der Waals surface area contributed by atoms with Crippen molar-refractivity contribution in [1.82, 2.24) is 0 Å². The maximum Gasteiger partial charge on any atom is 1.00 e. The van der Waals surface area contributed by atoms with E-state index < -0.39 is 0 Å². The summed E-state index contributed by atoms with van der Waals surface area (Å²) in [7, 11) is 0. The van der Waals surface area contributed by atoms with Crippen molar-refractivity contribution in [3.05, 3.63) is 16.0 Å². The normalized spacial score (nSPS) is 1.88. The van der Waals surface area contributed by atoms with E-state index in [1.807, 2.05) is 0 Å². The standard InChI is InChI=1S/CHNO.2K.N3/c2-1-3;;;1-3-2/h3H;;;/q;2*+1;-1. The zero-order chi connectivity index (χ0) is 5.41. The molecule has 5 nitrogen and oxygen atoms in total. The summed E-state index contributed by atoms with van der Waals surface area (Å²) in [5, 5.41) is 13.8. The molecule has 0 saturated heterocycles. The Morgan fingerprint density at radius 1 is 1.38 bits per heavy atom. The topological polar surface area (TPSA) is 103 Å². The van der Waals surface area contributed by atoms with Crippen LogP contribution in [0.15, 0.2) is 0 Å². The van der Waals surface area contributed by atoms with Crippen molar-refractivity contribution in [2.24, 2.45) is 0 Å². The second-order valence-electron chi connectivity index (χ2n) is 0.189. The first kappa shape index (κ1) is 22.5. The fourth-order valence-corrected chi connectivity index (χ4v) is 0. The van der Waals surface area contributed by atoms with Gasteiger partial charge in [-0.1, -0.05) is 0 Å². The number of rotatable bonds is 0. The van der Waals surface area contributed by atoms with Crippen molar-refractivity contribution >= 4 is 0 Å². The van der Waals surface area contributed by atoms with Crippen molar-refractivity contribution in [3.8, 4) is 6.26 Å². The number of hydrogen-bond acceptors (Lipinski definition) is 2. The van der Waals surface area contributed by atoms with E-state index in [1.165, 1.54) is 4.91 Å². The Morgan fingerprint density at radius 2 is 1.38 bits per heavy atom. The van der Waals surface area contributed by atoms with Crippen molar-refractivity contribution < 1.29 is 108 Å². The molecule has 32 valence electrons. The van der Waals surface area contributed by atoms with Crippen molar-refractivity contribution in [1.29, 1.82) is 5.26 Å².